The minimum absolute atomic E-state index is 0.0455. The molecular formula is C16H27N3O3. The Hall–Kier alpha value is -1.56. The van der Waals surface area contributed by atoms with Gasteiger partial charge in [0.15, 0.2) is 0 Å². The van der Waals surface area contributed by atoms with Crippen LogP contribution in [0, 0.1) is 19.8 Å². The van der Waals surface area contributed by atoms with Gasteiger partial charge in [0.25, 0.3) is 0 Å². The standard InChI is InChI=1S/C16H27N3O3/c1-5-14(15-10(2)18-22-12(15)4)17-16(21)19-8-6-13(7-9-19)11(3)20/h11,13-14,20H,5-9H2,1-4H3,(H,17,21). The minimum atomic E-state index is -0.295. The Kier molecular flexibility index (Phi) is 5.45. The van der Waals surface area contributed by atoms with Crippen molar-refractivity contribution in [3.8, 4) is 0 Å². The predicted molar refractivity (Wildman–Crippen MR) is 83.5 cm³/mol. The molecule has 2 amide bonds. The Bertz CT molecular complexity index is 485. The number of rotatable bonds is 4. The van der Waals surface area contributed by atoms with E-state index in [2.05, 4.69) is 10.5 Å². The van der Waals surface area contributed by atoms with Crippen LogP contribution in [-0.4, -0.2) is 40.4 Å². The van der Waals surface area contributed by atoms with Gasteiger partial charge in [-0.3, -0.25) is 0 Å². The lowest BCUT2D eigenvalue weighted by atomic mass is 9.92. The lowest BCUT2D eigenvalue weighted by molar-refractivity contribution is 0.0792. The SMILES string of the molecule is CCC(NC(=O)N1CCC(C(C)O)CC1)c1c(C)noc1C. The smallest absolute Gasteiger partial charge is 0.317 e. The fourth-order valence-electron chi connectivity index (χ4n) is 3.19. The zero-order valence-electron chi connectivity index (χ0n) is 13.9. The molecule has 124 valence electrons. The second kappa shape index (κ2) is 7.13. The molecule has 2 N–H and O–H groups in total. The fraction of sp³-hybridized carbons (Fsp3) is 0.750. The number of carbonyl (C=O) groups excluding carboxylic acids is 1. The van der Waals surface area contributed by atoms with E-state index in [1.807, 2.05) is 32.6 Å². The van der Waals surface area contributed by atoms with Gasteiger partial charge in [0.05, 0.1) is 17.8 Å². The summed E-state index contributed by atoms with van der Waals surface area (Å²) in [4.78, 5) is 14.3. The van der Waals surface area contributed by atoms with Gasteiger partial charge in [-0.05, 0) is 46.0 Å². The Balaban J connectivity index is 1.96. The molecule has 0 radical (unpaired) electrons. The van der Waals surface area contributed by atoms with Crippen molar-refractivity contribution in [2.75, 3.05) is 13.1 Å². The van der Waals surface area contributed by atoms with E-state index in [9.17, 15) is 9.90 Å². The summed E-state index contributed by atoms with van der Waals surface area (Å²) in [5.41, 5.74) is 1.81. The van der Waals surface area contributed by atoms with Crippen LogP contribution < -0.4 is 5.32 Å². The highest BCUT2D eigenvalue weighted by Crippen LogP contribution is 2.25. The molecule has 1 aromatic rings. The van der Waals surface area contributed by atoms with E-state index in [-0.39, 0.29) is 18.2 Å². The molecule has 6 nitrogen and oxygen atoms in total. The molecule has 2 atom stereocenters. The fourth-order valence-corrected chi connectivity index (χ4v) is 3.19. The molecule has 0 aliphatic carbocycles. The summed E-state index contributed by atoms with van der Waals surface area (Å²) in [6, 6.07) is -0.121. The summed E-state index contributed by atoms with van der Waals surface area (Å²) in [6.07, 6.45) is 2.20. The summed E-state index contributed by atoms with van der Waals surface area (Å²) in [5, 5.41) is 16.7. The van der Waals surface area contributed by atoms with Crippen LogP contribution in [0.2, 0.25) is 0 Å². The molecule has 22 heavy (non-hydrogen) atoms. The molecule has 2 rings (SSSR count). The topological polar surface area (TPSA) is 78.6 Å². The number of aryl methyl sites for hydroxylation is 2. The van der Waals surface area contributed by atoms with Crippen LogP contribution in [0.3, 0.4) is 0 Å². The van der Waals surface area contributed by atoms with E-state index >= 15 is 0 Å². The molecule has 0 spiro atoms. The monoisotopic (exact) mass is 309 g/mol. The largest absolute Gasteiger partial charge is 0.393 e. The summed E-state index contributed by atoms with van der Waals surface area (Å²) >= 11 is 0. The van der Waals surface area contributed by atoms with Gasteiger partial charge in [0.2, 0.25) is 0 Å². The van der Waals surface area contributed by atoms with E-state index in [0.717, 1.165) is 36.3 Å². The highest BCUT2D eigenvalue weighted by atomic mass is 16.5. The average Bonchev–Trinajstić information content (AvgIpc) is 2.84. The van der Waals surface area contributed by atoms with Crippen LogP contribution in [-0.2, 0) is 0 Å². The van der Waals surface area contributed by atoms with E-state index in [0.29, 0.717) is 19.0 Å². The second-order valence-corrected chi connectivity index (χ2v) is 6.21. The third kappa shape index (κ3) is 3.61. The van der Waals surface area contributed by atoms with Crippen molar-refractivity contribution in [3.05, 3.63) is 17.0 Å². The van der Waals surface area contributed by atoms with Gasteiger partial charge in [-0.2, -0.15) is 0 Å². The van der Waals surface area contributed by atoms with Crippen LogP contribution in [0.4, 0.5) is 4.79 Å². The number of nitrogens with zero attached hydrogens (tertiary/aromatic N) is 2. The summed E-state index contributed by atoms with van der Waals surface area (Å²) < 4.78 is 5.20. The maximum atomic E-state index is 12.5. The van der Waals surface area contributed by atoms with Crippen molar-refractivity contribution in [2.24, 2.45) is 5.92 Å². The van der Waals surface area contributed by atoms with Gasteiger partial charge in [-0.25, -0.2) is 4.79 Å². The average molecular weight is 309 g/mol. The molecule has 0 saturated carbocycles. The van der Waals surface area contributed by atoms with Crippen molar-refractivity contribution < 1.29 is 14.4 Å². The van der Waals surface area contributed by atoms with Crippen LogP contribution >= 0.6 is 0 Å². The van der Waals surface area contributed by atoms with Crippen molar-refractivity contribution in [1.29, 1.82) is 0 Å². The first-order valence-electron chi connectivity index (χ1n) is 8.10. The van der Waals surface area contributed by atoms with Gasteiger partial charge >= 0.3 is 6.03 Å². The Morgan fingerprint density at radius 3 is 2.55 bits per heavy atom. The minimum Gasteiger partial charge on any atom is -0.393 e. The van der Waals surface area contributed by atoms with Crippen LogP contribution in [0.15, 0.2) is 4.52 Å². The van der Waals surface area contributed by atoms with Gasteiger partial charge in [-0.1, -0.05) is 12.1 Å². The maximum absolute atomic E-state index is 12.5. The predicted octanol–water partition coefficient (Wildman–Crippen LogP) is 2.54. The van der Waals surface area contributed by atoms with Gasteiger partial charge in [0.1, 0.15) is 5.76 Å². The van der Waals surface area contributed by atoms with Gasteiger partial charge in [0, 0.05) is 18.7 Å². The molecular weight excluding hydrogens is 282 g/mol. The third-order valence-electron chi connectivity index (χ3n) is 4.65. The van der Waals surface area contributed by atoms with E-state index < -0.39 is 0 Å². The van der Waals surface area contributed by atoms with Crippen LogP contribution in [0.25, 0.3) is 0 Å². The van der Waals surface area contributed by atoms with Crippen LogP contribution in [0.1, 0.15) is 56.2 Å². The molecule has 1 saturated heterocycles. The zero-order chi connectivity index (χ0) is 16.3. The molecule has 1 aromatic heterocycles. The second-order valence-electron chi connectivity index (χ2n) is 6.21. The highest BCUT2D eigenvalue weighted by molar-refractivity contribution is 5.75. The van der Waals surface area contributed by atoms with Crippen molar-refractivity contribution in [2.45, 2.75) is 59.1 Å². The zero-order valence-corrected chi connectivity index (χ0v) is 13.9. The third-order valence-corrected chi connectivity index (χ3v) is 4.65. The Morgan fingerprint density at radius 2 is 2.09 bits per heavy atom. The molecule has 6 heteroatoms. The van der Waals surface area contributed by atoms with Crippen molar-refractivity contribution in [1.82, 2.24) is 15.4 Å². The summed E-state index contributed by atoms with van der Waals surface area (Å²) in [5.74, 6) is 1.06. The lowest BCUT2D eigenvalue weighted by Crippen LogP contribution is -2.46. The van der Waals surface area contributed by atoms with Gasteiger partial charge in [-0.15, -0.1) is 0 Å². The normalized spacial score (nSPS) is 19.0. The van der Waals surface area contributed by atoms with Crippen LogP contribution in [0.5, 0.6) is 0 Å². The summed E-state index contributed by atoms with van der Waals surface area (Å²) in [6.45, 7) is 9.02. The summed E-state index contributed by atoms with van der Waals surface area (Å²) in [7, 11) is 0. The van der Waals surface area contributed by atoms with E-state index in [1.165, 1.54) is 0 Å². The number of aliphatic hydroxyl groups excluding tert-OH is 1. The number of hydrogen-bond acceptors (Lipinski definition) is 4. The molecule has 2 heterocycles. The molecule has 1 aliphatic heterocycles. The number of likely N-dealkylation sites (tertiary alicyclic amines) is 1. The number of urea groups is 1. The Labute approximate surface area is 131 Å². The first-order chi connectivity index (χ1) is 10.4. The van der Waals surface area contributed by atoms with Crippen molar-refractivity contribution >= 4 is 6.03 Å². The molecule has 1 aliphatic rings. The quantitative estimate of drug-likeness (QED) is 0.896. The molecule has 2 unspecified atom stereocenters. The number of nitrogens with one attached hydrogen (secondary N) is 1. The Morgan fingerprint density at radius 1 is 1.45 bits per heavy atom. The highest BCUT2D eigenvalue weighted by Gasteiger charge is 2.27. The molecule has 0 bridgehead atoms. The lowest BCUT2D eigenvalue weighted by Gasteiger charge is -2.34. The number of aliphatic hydroxyl groups is 1. The first kappa shape index (κ1) is 16.8. The first-order valence-corrected chi connectivity index (χ1v) is 8.10. The number of aromatic nitrogens is 1. The molecule has 1 fully saturated rings. The number of carbonyl (C=O) groups is 1. The van der Waals surface area contributed by atoms with Gasteiger partial charge < -0.3 is 19.8 Å². The molecule has 0 aromatic carbocycles. The maximum Gasteiger partial charge on any atom is 0.317 e. The number of amides is 2. The number of piperidine rings is 1. The van der Waals surface area contributed by atoms with E-state index in [1.54, 1.807) is 0 Å². The van der Waals surface area contributed by atoms with Crippen molar-refractivity contribution in [3.63, 3.8) is 0 Å². The number of hydrogen-bond donors (Lipinski definition) is 2. The van der Waals surface area contributed by atoms with E-state index in [4.69, 9.17) is 4.52 Å².